The third kappa shape index (κ3) is 6.07. The maximum atomic E-state index is 13.2. The van der Waals surface area contributed by atoms with Crippen LogP contribution in [0.5, 0.6) is 0 Å². The number of allylic oxidation sites excluding steroid dienone is 2. The van der Waals surface area contributed by atoms with E-state index in [9.17, 15) is 26.3 Å². The maximum absolute atomic E-state index is 13.2. The molecule has 2 atom stereocenters. The molecular formula is C32H20Cl2F6Ti. The maximum Gasteiger partial charge on any atom is -1.00 e. The van der Waals surface area contributed by atoms with E-state index in [1.54, 1.807) is 0 Å². The second kappa shape index (κ2) is 11.8. The molecule has 2 aliphatic rings. The van der Waals surface area contributed by atoms with Crippen LogP contribution >= 0.6 is 0 Å². The molecular weight excluding hydrogens is 617 g/mol. The first kappa shape index (κ1) is 31.2. The summed E-state index contributed by atoms with van der Waals surface area (Å²) in [6.07, 6.45) is -4.69. The standard InChI is InChI=1S/2C16H10F3.2ClH.Ti/c2*17-16(18,19)15-7-5-11(6-8-15)14-9-12-3-1-2-4-13(12)10-14;;;/h2*1-10H;2*1H;/q;;;;+2/p-2. The van der Waals surface area contributed by atoms with E-state index < -0.39 is 42.6 Å². The van der Waals surface area contributed by atoms with Gasteiger partial charge in [0.15, 0.2) is 0 Å². The van der Waals surface area contributed by atoms with E-state index in [0.29, 0.717) is 0 Å². The van der Waals surface area contributed by atoms with E-state index >= 15 is 0 Å². The zero-order valence-corrected chi connectivity index (χ0v) is 24.1. The Balaban J connectivity index is 0.00000194. The summed E-state index contributed by atoms with van der Waals surface area (Å²) in [6.45, 7) is 0. The third-order valence-corrected chi connectivity index (χ3v) is 10.3. The Kier molecular flexibility index (Phi) is 9.01. The number of fused-ring (bicyclic) bond motifs is 2. The Morgan fingerprint density at radius 1 is 0.463 bits per heavy atom. The molecule has 9 heteroatoms. The fraction of sp³-hybridized carbons (Fsp3) is 0.125. The van der Waals surface area contributed by atoms with E-state index in [1.165, 1.54) is 24.3 Å². The second-order valence-electron chi connectivity index (χ2n) is 9.64. The molecule has 0 nitrogen and oxygen atoms in total. The summed E-state index contributed by atoms with van der Waals surface area (Å²) < 4.78 is 79.3. The van der Waals surface area contributed by atoms with Crippen molar-refractivity contribution in [1.82, 2.24) is 0 Å². The molecule has 2 unspecified atom stereocenters. The van der Waals surface area contributed by atoms with E-state index in [4.69, 9.17) is 0 Å². The van der Waals surface area contributed by atoms with Crippen LogP contribution < -0.4 is 24.8 Å². The summed E-state index contributed by atoms with van der Waals surface area (Å²) in [7, 11) is 0. The Hall–Kier alpha value is -2.77. The van der Waals surface area contributed by atoms with Crippen LogP contribution in [0, 0.1) is 0 Å². The van der Waals surface area contributed by atoms with Gasteiger partial charge in [0.05, 0.1) is 0 Å². The minimum atomic E-state index is -4.41. The molecule has 0 amide bonds. The van der Waals surface area contributed by atoms with Crippen molar-refractivity contribution in [1.29, 1.82) is 0 Å². The fourth-order valence-electron chi connectivity index (χ4n) is 5.38. The molecule has 0 saturated heterocycles. The minimum absolute atomic E-state index is 0. The Bertz CT molecular complexity index is 1480. The van der Waals surface area contributed by atoms with Crippen molar-refractivity contribution in [3.05, 3.63) is 142 Å². The Morgan fingerprint density at radius 3 is 1.15 bits per heavy atom. The summed E-state index contributed by atoms with van der Waals surface area (Å²) in [6, 6.07) is 26.6. The molecule has 0 bridgehead atoms. The van der Waals surface area contributed by atoms with Gasteiger partial charge in [0.1, 0.15) is 0 Å². The van der Waals surface area contributed by atoms with Gasteiger partial charge in [-0.2, -0.15) is 0 Å². The zero-order chi connectivity index (χ0) is 27.4. The molecule has 2 aliphatic carbocycles. The van der Waals surface area contributed by atoms with Gasteiger partial charge in [0.25, 0.3) is 0 Å². The molecule has 6 rings (SSSR count). The average molecular weight is 637 g/mol. The molecule has 41 heavy (non-hydrogen) atoms. The molecule has 0 fully saturated rings. The smallest absolute Gasteiger partial charge is 1.00 e. The summed E-state index contributed by atoms with van der Waals surface area (Å²) in [4.78, 5) is 0. The molecule has 0 aliphatic heterocycles. The molecule has 0 spiro atoms. The fourth-order valence-corrected chi connectivity index (χ4v) is 8.62. The number of hydrogen-bond donors (Lipinski definition) is 0. The van der Waals surface area contributed by atoms with Crippen LogP contribution in [0.3, 0.4) is 0 Å². The van der Waals surface area contributed by atoms with Crippen molar-refractivity contribution < 1.29 is 70.3 Å². The van der Waals surface area contributed by atoms with Crippen molar-refractivity contribution in [2.75, 3.05) is 0 Å². The van der Waals surface area contributed by atoms with Gasteiger partial charge in [0.2, 0.25) is 0 Å². The van der Waals surface area contributed by atoms with Crippen LogP contribution in [-0.2, 0) is 31.5 Å². The average Bonchev–Trinajstić information content (AvgIpc) is 3.47. The quantitative estimate of drug-likeness (QED) is 0.237. The molecule has 0 saturated carbocycles. The van der Waals surface area contributed by atoms with Gasteiger partial charge in [-0.25, -0.2) is 0 Å². The summed E-state index contributed by atoms with van der Waals surface area (Å²) >= 11 is -0.920. The van der Waals surface area contributed by atoms with E-state index in [1.807, 2.05) is 36.4 Å². The zero-order valence-electron chi connectivity index (χ0n) is 21.1. The predicted molar refractivity (Wildman–Crippen MR) is 137 cm³/mol. The summed E-state index contributed by atoms with van der Waals surface area (Å²) in [5.41, 5.74) is 6.48. The number of halogens is 8. The van der Waals surface area contributed by atoms with Gasteiger partial charge in [-0.05, 0) is 0 Å². The van der Waals surface area contributed by atoms with Gasteiger partial charge >= 0.3 is 231 Å². The first-order valence-corrected chi connectivity index (χ1v) is 14.1. The van der Waals surface area contributed by atoms with Gasteiger partial charge in [-0.3, -0.25) is 0 Å². The normalized spacial score (nSPS) is 17.3. The van der Waals surface area contributed by atoms with Crippen LogP contribution in [0.25, 0.3) is 23.3 Å². The molecule has 4 aromatic carbocycles. The van der Waals surface area contributed by atoms with Crippen LogP contribution in [0.1, 0.15) is 53.0 Å². The minimum Gasteiger partial charge on any atom is -1.00 e. The molecule has 0 radical (unpaired) electrons. The molecule has 0 N–H and O–H groups in total. The number of alkyl halides is 6. The van der Waals surface area contributed by atoms with Gasteiger partial charge in [-0.15, -0.1) is 0 Å². The van der Waals surface area contributed by atoms with Crippen molar-refractivity contribution in [2.45, 2.75) is 20.8 Å². The number of rotatable bonds is 4. The van der Waals surface area contributed by atoms with Crippen molar-refractivity contribution in [2.24, 2.45) is 0 Å². The second-order valence-corrected chi connectivity index (χ2v) is 12.0. The van der Waals surface area contributed by atoms with Gasteiger partial charge in [0, 0.05) is 0 Å². The van der Waals surface area contributed by atoms with E-state index in [2.05, 4.69) is 24.3 Å². The third-order valence-electron chi connectivity index (χ3n) is 7.28. The predicted octanol–water partition coefficient (Wildman–Crippen LogP) is 3.71. The van der Waals surface area contributed by atoms with Crippen LogP contribution in [0.4, 0.5) is 26.3 Å². The molecule has 0 aromatic heterocycles. The number of benzene rings is 4. The topological polar surface area (TPSA) is 0 Å². The van der Waals surface area contributed by atoms with E-state index in [0.717, 1.165) is 68.8 Å². The largest absolute Gasteiger partial charge is 1.00 e. The van der Waals surface area contributed by atoms with Crippen molar-refractivity contribution in [3.63, 3.8) is 0 Å². The molecule has 4 aromatic rings. The Labute approximate surface area is 254 Å². The first-order chi connectivity index (χ1) is 18.6. The first-order valence-electron chi connectivity index (χ1n) is 12.3. The van der Waals surface area contributed by atoms with E-state index in [-0.39, 0.29) is 33.3 Å². The molecule has 0 heterocycles. The number of hydrogen-bond acceptors (Lipinski definition) is 0. The van der Waals surface area contributed by atoms with Crippen molar-refractivity contribution >= 4 is 23.3 Å². The SMILES string of the molecule is FC(F)(F)c1ccc(C2=Cc3ccccc3[CH]2[Ti+2][CH]2C(c3ccc(C(F)(F)F)cc3)=Cc3ccccc32)cc1.[Cl-].[Cl-]. The monoisotopic (exact) mass is 636 g/mol. The molecule has 208 valence electrons. The summed E-state index contributed by atoms with van der Waals surface area (Å²) in [5, 5.41) is 0. The van der Waals surface area contributed by atoms with Crippen LogP contribution in [0.15, 0.2) is 97.1 Å². The van der Waals surface area contributed by atoms with Gasteiger partial charge < -0.3 is 24.8 Å². The van der Waals surface area contributed by atoms with Crippen LogP contribution in [0.2, 0.25) is 0 Å². The van der Waals surface area contributed by atoms with Crippen molar-refractivity contribution in [3.8, 4) is 0 Å². The summed E-state index contributed by atoms with van der Waals surface area (Å²) in [5.74, 6) is 0. The van der Waals surface area contributed by atoms with Gasteiger partial charge in [-0.1, -0.05) is 0 Å². The van der Waals surface area contributed by atoms with Crippen LogP contribution in [-0.4, -0.2) is 0 Å². The Morgan fingerprint density at radius 2 is 0.805 bits per heavy atom.